The highest BCUT2D eigenvalue weighted by molar-refractivity contribution is 7.08. The normalized spacial score (nSPS) is 11.7. The predicted octanol–water partition coefficient (Wildman–Crippen LogP) is 2.78. The third kappa shape index (κ3) is 3.93. The molecule has 1 unspecified atom stereocenters. The fourth-order valence-corrected chi connectivity index (χ4v) is 2.33. The van der Waals surface area contributed by atoms with Gasteiger partial charge in [-0.15, -0.1) is 0 Å². The summed E-state index contributed by atoms with van der Waals surface area (Å²) in [4.78, 5) is 23.3. The molecule has 1 aromatic heterocycles. The zero-order valence-electron chi connectivity index (χ0n) is 11.0. The smallest absolute Gasteiger partial charge is 0.339 e. The molecule has 1 aromatic carbocycles. The zero-order valence-corrected chi connectivity index (χ0v) is 11.9. The predicted molar refractivity (Wildman–Crippen MR) is 77.6 cm³/mol. The second-order valence-corrected chi connectivity index (χ2v) is 5.07. The van der Waals surface area contributed by atoms with E-state index in [1.54, 1.807) is 16.8 Å². The van der Waals surface area contributed by atoms with Crippen LogP contribution in [0.25, 0.3) is 0 Å². The molecule has 0 aliphatic rings. The number of nitrogens with one attached hydrogen (secondary N) is 1. The lowest BCUT2D eigenvalue weighted by atomic mass is 10.1. The number of hydrogen-bond acceptors (Lipinski definition) is 4. The van der Waals surface area contributed by atoms with Crippen LogP contribution >= 0.6 is 11.3 Å². The number of hydrogen-bond donors (Lipinski definition) is 1. The first kappa shape index (κ1) is 14.3. The van der Waals surface area contributed by atoms with E-state index in [1.165, 1.54) is 11.3 Å². The third-order valence-corrected chi connectivity index (χ3v) is 3.45. The van der Waals surface area contributed by atoms with Crippen molar-refractivity contribution in [2.45, 2.75) is 13.0 Å². The van der Waals surface area contributed by atoms with Gasteiger partial charge in [-0.2, -0.15) is 11.3 Å². The fourth-order valence-electron chi connectivity index (χ4n) is 1.70. The standard InChI is InChI=1S/C15H15NO3S/c1-11(12-5-3-2-4-6-12)16-14(17)9-19-15(18)13-7-8-20-10-13/h2-8,10-11H,9H2,1H3,(H,16,17). The van der Waals surface area contributed by atoms with Crippen molar-refractivity contribution < 1.29 is 14.3 Å². The monoisotopic (exact) mass is 289 g/mol. The molecule has 5 heteroatoms. The molecule has 4 nitrogen and oxygen atoms in total. The Morgan fingerprint density at radius 1 is 1.25 bits per heavy atom. The summed E-state index contributed by atoms with van der Waals surface area (Å²) in [6.07, 6.45) is 0. The van der Waals surface area contributed by atoms with Crippen molar-refractivity contribution in [2.75, 3.05) is 6.61 Å². The zero-order chi connectivity index (χ0) is 14.4. The van der Waals surface area contributed by atoms with E-state index < -0.39 is 5.97 Å². The molecule has 0 radical (unpaired) electrons. The van der Waals surface area contributed by atoms with Crippen molar-refractivity contribution in [3.8, 4) is 0 Å². The van der Waals surface area contributed by atoms with Crippen LogP contribution in [0.4, 0.5) is 0 Å². The topological polar surface area (TPSA) is 55.4 Å². The largest absolute Gasteiger partial charge is 0.452 e. The summed E-state index contributed by atoms with van der Waals surface area (Å²) < 4.78 is 4.94. The Morgan fingerprint density at radius 2 is 2.00 bits per heavy atom. The van der Waals surface area contributed by atoms with Gasteiger partial charge in [-0.3, -0.25) is 4.79 Å². The maximum absolute atomic E-state index is 11.7. The third-order valence-electron chi connectivity index (χ3n) is 2.77. The SMILES string of the molecule is CC(NC(=O)COC(=O)c1ccsc1)c1ccccc1. The van der Waals surface area contributed by atoms with Crippen LogP contribution in [0.2, 0.25) is 0 Å². The van der Waals surface area contributed by atoms with Crippen LogP contribution in [0.5, 0.6) is 0 Å². The average molecular weight is 289 g/mol. The number of esters is 1. The van der Waals surface area contributed by atoms with Crippen molar-refractivity contribution in [1.82, 2.24) is 5.32 Å². The molecule has 1 amide bonds. The number of rotatable bonds is 5. The van der Waals surface area contributed by atoms with Crippen LogP contribution in [0.1, 0.15) is 28.9 Å². The Hall–Kier alpha value is -2.14. The van der Waals surface area contributed by atoms with Gasteiger partial charge < -0.3 is 10.1 Å². The highest BCUT2D eigenvalue weighted by Gasteiger charge is 2.13. The van der Waals surface area contributed by atoms with E-state index in [0.717, 1.165) is 5.56 Å². The molecular weight excluding hydrogens is 274 g/mol. The first-order valence-corrected chi connectivity index (χ1v) is 7.14. The molecule has 0 fully saturated rings. The quantitative estimate of drug-likeness (QED) is 0.861. The first-order chi connectivity index (χ1) is 9.66. The number of thiophene rings is 1. The molecule has 20 heavy (non-hydrogen) atoms. The van der Waals surface area contributed by atoms with Crippen LogP contribution in [0, 0.1) is 0 Å². The molecule has 104 valence electrons. The van der Waals surface area contributed by atoms with Gasteiger partial charge in [-0.1, -0.05) is 30.3 Å². The van der Waals surface area contributed by atoms with Gasteiger partial charge in [-0.05, 0) is 23.9 Å². The summed E-state index contributed by atoms with van der Waals surface area (Å²) in [6, 6.07) is 11.1. The van der Waals surface area contributed by atoms with Crippen molar-refractivity contribution in [3.05, 3.63) is 58.3 Å². The molecule has 2 rings (SSSR count). The van der Waals surface area contributed by atoms with Gasteiger partial charge in [0.25, 0.3) is 5.91 Å². The minimum Gasteiger partial charge on any atom is -0.452 e. The molecule has 1 N–H and O–H groups in total. The molecule has 0 aliphatic heterocycles. The number of amides is 1. The summed E-state index contributed by atoms with van der Waals surface area (Å²) in [5.74, 6) is -0.793. The lowest BCUT2D eigenvalue weighted by Gasteiger charge is -2.14. The Morgan fingerprint density at radius 3 is 2.65 bits per heavy atom. The number of benzene rings is 1. The van der Waals surface area contributed by atoms with Crippen LogP contribution in [0.15, 0.2) is 47.2 Å². The van der Waals surface area contributed by atoms with Crippen LogP contribution in [-0.4, -0.2) is 18.5 Å². The van der Waals surface area contributed by atoms with Crippen molar-refractivity contribution >= 4 is 23.2 Å². The minimum atomic E-state index is -0.478. The molecule has 0 saturated heterocycles. The summed E-state index contributed by atoms with van der Waals surface area (Å²) in [7, 11) is 0. The van der Waals surface area contributed by atoms with Crippen LogP contribution in [0.3, 0.4) is 0 Å². The molecule has 1 atom stereocenters. The van der Waals surface area contributed by atoms with Gasteiger partial charge in [0.2, 0.25) is 0 Å². The maximum atomic E-state index is 11.7. The maximum Gasteiger partial charge on any atom is 0.339 e. The summed E-state index contributed by atoms with van der Waals surface area (Å²) in [6.45, 7) is 1.61. The second kappa shape index (κ2) is 6.86. The van der Waals surface area contributed by atoms with Gasteiger partial charge in [0, 0.05) is 5.38 Å². The Bertz CT molecular complexity index is 566. The number of carbonyl (C=O) groups excluding carboxylic acids is 2. The number of carbonyl (C=O) groups is 2. The Balaban J connectivity index is 1.80. The summed E-state index contributed by atoms with van der Waals surface area (Å²) in [5.41, 5.74) is 1.48. The number of ether oxygens (including phenoxy) is 1. The van der Waals surface area contributed by atoms with Crippen LogP contribution < -0.4 is 5.32 Å². The molecule has 0 aliphatic carbocycles. The molecule has 0 saturated carbocycles. The van der Waals surface area contributed by atoms with E-state index in [1.807, 2.05) is 37.3 Å². The minimum absolute atomic E-state index is 0.122. The fraction of sp³-hybridized carbons (Fsp3) is 0.200. The first-order valence-electron chi connectivity index (χ1n) is 6.20. The van der Waals surface area contributed by atoms with Gasteiger partial charge in [0.05, 0.1) is 11.6 Å². The lowest BCUT2D eigenvalue weighted by molar-refractivity contribution is -0.124. The molecule has 1 heterocycles. The van der Waals surface area contributed by atoms with E-state index in [-0.39, 0.29) is 18.6 Å². The molecule has 0 bridgehead atoms. The van der Waals surface area contributed by atoms with Crippen molar-refractivity contribution in [3.63, 3.8) is 0 Å². The lowest BCUT2D eigenvalue weighted by Crippen LogP contribution is -2.31. The molecule has 0 spiro atoms. The van der Waals surface area contributed by atoms with E-state index in [0.29, 0.717) is 5.56 Å². The Labute approximate surface area is 121 Å². The second-order valence-electron chi connectivity index (χ2n) is 4.29. The van der Waals surface area contributed by atoms with E-state index in [2.05, 4.69) is 5.32 Å². The van der Waals surface area contributed by atoms with Gasteiger partial charge in [-0.25, -0.2) is 4.79 Å². The van der Waals surface area contributed by atoms with Crippen molar-refractivity contribution in [1.29, 1.82) is 0 Å². The van der Waals surface area contributed by atoms with Gasteiger partial charge in [0.1, 0.15) is 0 Å². The van der Waals surface area contributed by atoms with E-state index in [4.69, 9.17) is 4.74 Å². The van der Waals surface area contributed by atoms with E-state index in [9.17, 15) is 9.59 Å². The van der Waals surface area contributed by atoms with E-state index >= 15 is 0 Å². The average Bonchev–Trinajstić information content (AvgIpc) is 3.00. The van der Waals surface area contributed by atoms with Crippen molar-refractivity contribution in [2.24, 2.45) is 0 Å². The highest BCUT2D eigenvalue weighted by atomic mass is 32.1. The molecular formula is C15H15NO3S. The Kier molecular flexibility index (Phi) is 4.90. The van der Waals surface area contributed by atoms with Gasteiger partial charge in [0.15, 0.2) is 6.61 Å². The highest BCUT2D eigenvalue weighted by Crippen LogP contribution is 2.11. The van der Waals surface area contributed by atoms with Crippen LogP contribution in [-0.2, 0) is 9.53 Å². The summed E-state index contributed by atoms with van der Waals surface area (Å²) in [5, 5.41) is 6.26. The summed E-state index contributed by atoms with van der Waals surface area (Å²) >= 11 is 1.41. The van der Waals surface area contributed by atoms with Gasteiger partial charge >= 0.3 is 5.97 Å². The molecule has 2 aromatic rings.